The summed E-state index contributed by atoms with van der Waals surface area (Å²) in [5.41, 5.74) is 3.22. The van der Waals surface area contributed by atoms with Crippen LogP contribution >= 0.6 is 11.3 Å². The van der Waals surface area contributed by atoms with Crippen LogP contribution < -0.4 is 4.74 Å². The van der Waals surface area contributed by atoms with Gasteiger partial charge in [0.1, 0.15) is 12.4 Å². The first-order valence-corrected chi connectivity index (χ1v) is 6.95. The van der Waals surface area contributed by atoms with Gasteiger partial charge in [-0.25, -0.2) is 4.98 Å². The lowest BCUT2D eigenvalue weighted by molar-refractivity contribution is 0.180. The van der Waals surface area contributed by atoms with Gasteiger partial charge in [-0.15, -0.1) is 11.3 Å². The molecule has 1 N–H and O–H groups in total. The summed E-state index contributed by atoms with van der Waals surface area (Å²) in [5.74, 6) is 0.855. The Labute approximate surface area is 110 Å². The molecular formula is C14H15NO2S. The lowest BCUT2D eigenvalue weighted by atomic mass is 10.1. The zero-order chi connectivity index (χ0) is 12.5. The summed E-state index contributed by atoms with van der Waals surface area (Å²) in [6, 6.07) is 5.92. The van der Waals surface area contributed by atoms with Crippen LogP contribution in [0.3, 0.4) is 0 Å². The van der Waals surface area contributed by atoms with E-state index in [1.165, 1.54) is 5.56 Å². The first-order valence-electron chi connectivity index (χ1n) is 6.07. The van der Waals surface area contributed by atoms with Crippen molar-refractivity contribution in [2.75, 3.05) is 0 Å². The van der Waals surface area contributed by atoms with E-state index in [0.29, 0.717) is 6.61 Å². The van der Waals surface area contributed by atoms with E-state index in [9.17, 15) is 5.11 Å². The molecule has 1 atom stereocenters. The molecule has 1 aliphatic carbocycles. The second-order valence-corrected chi connectivity index (χ2v) is 5.62. The molecule has 1 heterocycles. The number of aliphatic hydroxyl groups is 1. The number of aliphatic hydroxyl groups excluding tert-OH is 1. The fourth-order valence-electron chi connectivity index (χ4n) is 2.29. The van der Waals surface area contributed by atoms with Crippen LogP contribution in [0.5, 0.6) is 5.75 Å². The number of aryl methyl sites for hydroxylation is 2. The predicted molar refractivity (Wildman–Crippen MR) is 70.9 cm³/mol. The van der Waals surface area contributed by atoms with Gasteiger partial charge in [-0.05, 0) is 43.0 Å². The normalized spacial score (nSPS) is 17.8. The van der Waals surface area contributed by atoms with E-state index in [4.69, 9.17) is 4.74 Å². The number of fused-ring (bicyclic) bond motifs is 1. The molecular weight excluding hydrogens is 246 g/mol. The van der Waals surface area contributed by atoms with Crippen molar-refractivity contribution in [2.45, 2.75) is 32.5 Å². The maximum atomic E-state index is 9.73. The van der Waals surface area contributed by atoms with Gasteiger partial charge in [0.15, 0.2) is 0 Å². The summed E-state index contributed by atoms with van der Waals surface area (Å²) in [5, 5.41) is 12.8. The van der Waals surface area contributed by atoms with Gasteiger partial charge in [0, 0.05) is 5.38 Å². The highest BCUT2D eigenvalue weighted by Gasteiger charge is 2.20. The number of rotatable bonds is 3. The van der Waals surface area contributed by atoms with Crippen LogP contribution in [0.15, 0.2) is 23.6 Å². The second-order valence-electron chi connectivity index (χ2n) is 4.56. The number of ether oxygens (including phenoxy) is 1. The van der Waals surface area contributed by atoms with Crippen LogP contribution in [0, 0.1) is 6.92 Å². The molecule has 0 saturated heterocycles. The fraction of sp³-hybridized carbons (Fsp3) is 0.357. The SMILES string of the molecule is Cc1nc(COc2ccc3c(c2)CC[C@@H]3O)cs1. The molecule has 3 nitrogen and oxygen atoms in total. The third-order valence-corrected chi connectivity index (χ3v) is 4.04. The van der Waals surface area contributed by atoms with Crippen molar-refractivity contribution in [3.8, 4) is 5.75 Å². The zero-order valence-corrected chi connectivity index (χ0v) is 11.0. The molecule has 1 aliphatic rings. The molecule has 18 heavy (non-hydrogen) atoms. The lowest BCUT2D eigenvalue weighted by Crippen LogP contribution is -1.97. The average molecular weight is 261 g/mol. The van der Waals surface area contributed by atoms with Gasteiger partial charge in [0.05, 0.1) is 16.8 Å². The van der Waals surface area contributed by atoms with Crippen LogP contribution in [-0.2, 0) is 13.0 Å². The van der Waals surface area contributed by atoms with Gasteiger partial charge in [-0.3, -0.25) is 0 Å². The first-order chi connectivity index (χ1) is 8.72. The fourth-order valence-corrected chi connectivity index (χ4v) is 2.89. The van der Waals surface area contributed by atoms with Crippen molar-refractivity contribution < 1.29 is 9.84 Å². The number of hydrogen-bond acceptors (Lipinski definition) is 4. The van der Waals surface area contributed by atoms with Crippen molar-refractivity contribution in [1.29, 1.82) is 0 Å². The summed E-state index contributed by atoms with van der Waals surface area (Å²) in [6.07, 6.45) is 1.46. The van der Waals surface area contributed by atoms with Crippen LogP contribution in [0.1, 0.15) is 34.4 Å². The molecule has 1 aromatic heterocycles. The molecule has 0 saturated carbocycles. The van der Waals surface area contributed by atoms with Gasteiger partial charge in [0.25, 0.3) is 0 Å². The van der Waals surface area contributed by atoms with E-state index in [-0.39, 0.29) is 6.10 Å². The highest BCUT2D eigenvalue weighted by atomic mass is 32.1. The van der Waals surface area contributed by atoms with Gasteiger partial charge < -0.3 is 9.84 Å². The van der Waals surface area contributed by atoms with E-state index >= 15 is 0 Å². The van der Waals surface area contributed by atoms with E-state index in [1.807, 2.05) is 30.5 Å². The monoisotopic (exact) mass is 261 g/mol. The minimum atomic E-state index is -0.296. The van der Waals surface area contributed by atoms with Crippen molar-refractivity contribution in [1.82, 2.24) is 4.98 Å². The molecule has 94 valence electrons. The summed E-state index contributed by atoms with van der Waals surface area (Å²) >= 11 is 1.64. The zero-order valence-electron chi connectivity index (χ0n) is 10.2. The number of nitrogens with zero attached hydrogens (tertiary/aromatic N) is 1. The van der Waals surface area contributed by atoms with Crippen molar-refractivity contribution >= 4 is 11.3 Å². The number of thiazole rings is 1. The molecule has 1 aromatic carbocycles. The van der Waals surface area contributed by atoms with Gasteiger partial charge in [0.2, 0.25) is 0 Å². The quantitative estimate of drug-likeness (QED) is 0.923. The maximum Gasteiger partial charge on any atom is 0.131 e. The molecule has 0 spiro atoms. The van der Waals surface area contributed by atoms with Gasteiger partial charge >= 0.3 is 0 Å². The highest BCUT2D eigenvalue weighted by molar-refractivity contribution is 7.09. The van der Waals surface area contributed by atoms with Crippen LogP contribution in [0.25, 0.3) is 0 Å². The molecule has 0 bridgehead atoms. The Morgan fingerprint density at radius 3 is 3.17 bits per heavy atom. The Morgan fingerprint density at radius 2 is 2.39 bits per heavy atom. The largest absolute Gasteiger partial charge is 0.487 e. The predicted octanol–water partition coefficient (Wildman–Crippen LogP) is 3.01. The Balaban J connectivity index is 1.70. The molecule has 0 radical (unpaired) electrons. The number of aromatic nitrogens is 1. The Hall–Kier alpha value is -1.39. The Kier molecular flexibility index (Phi) is 3.06. The summed E-state index contributed by atoms with van der Waals surface area (Å²) in [7, 11) is 0. The molecule has 2 aromatic rings. The molecule has 3 rings (SSSR count). The van der Waals surface area contributed by atoms with Crippen LogP contribution in [0.4, 0.5) is 0 Å². The summed E-state index contributed by atoms with van der Waals surface area (Å²) < 4.78 is 5.73. The van der Waals surface area contributed by atoms with Crippen LogP contribution in [-0.4, -0.2) is 10.1 Å². The molecule has 0 fully saturated rings. The molecule has 0 aliphatic heterocycles. The minimum absolute atomic E-state index is 0.296. The Morgan fingerprint density at radius 1 is 1.50 bits per heavy atom. The van der Waals surface area contributed by atoms with Crippen molar-refractivity contribution in [3.63, 3.8) is 0 Å². The average Bonchev–Trinajstić information content (AvgIpc) is 2.94. The van der Waals surface area contributed by atoms with Gasteiger partial charge in [-0.2, -0.15) is 0 Å². The standard InChI is InChI=1S/C14H15NO2S/c1-9-15-11(8-18-9)7-17-12-3-4-13-10(6-12)2-5-14(13)16/h3-4,6,8,14,16H,2,5,7H2,1H3/t14-/m0/s1. The van der Waals surface area contributed by atoms with E-state index in [0.717, 1.165) is 34.9 Å². The third-order valence-electron chi connectivity index (χ3n) is 3.21. The molecule has 0 unspecified atom stereocenters. The third kappa shape index (κ3) is 2.26. The van der Waals surface area contributed by atoms with Gasteiger partial charge in [-0.1, -0.05) is 6.07 Å². The van der Waals surface area contributed by atoms with Crippen LogP contribution in [0.2, 0.25) is 0 Å². The molecule has 0 amide bonds. The number of hydrogen-bond donors (Lipinski definition) is 1. The lowest BCUT2D eigenvalue weighted by Gasteiger charge is -2.08. The smallest absolute Gasteiger partial charge is 0.131 e. The van der Waals surface area contributed by atoms with E-state index in [1.54, 1.807) is 11.3 Å². The highest BCUT2D eigenvalue weighted by Crippen LogP contribution is 2.33. The van der Waals surface area contributed by atoms with E-state index in [2.05, 4.69) is 4.98 Å². The summed E-state index contributed by atoms with van der Waals surface area (Å²) in [6.45, 7) is 2.50. The second kappa shape index (κ2) is 4.71. The van der Waals surface area contributed by atoms with Crippen molar-refractivity contribution in [3.05, 3.63) is 45.4 Å². The van der Waals surface area contributed by atoms with E-state index < -0.39 is 0 Å². The minimum Gasteiger partial charge on any atom is -0.487 e. The topological polar surface area (TPSA) is 42.4 Å². The number of benzene rings is 1. The van der Waals surface area contributed by atoms with Crippen molar-refractivity contribution in [2.24, 2.45) is 0 Å². The Bertz CT molecular complexity index is 565. The maximum absolute atomic E-state index is 9.73. The first kappa shape index (κ1) is 11.7. The molecule has 4 heteroatoms. The summed E-state index contributed by atoms with van der Waals surface area (Å²) in [4.78, 5) is 4.36.